The molecule has 0 saturated heterocycles. The van der Waals surface area contributed by atoms with Crippen LogP contribution < -0.4 is 0 Å². The number of esters is 1. The van der Waals surface area contributed by atoms with Gasteiger partial charge < -0.3 is 4.74 Å². The number of benzene rings is 1. The molecule has 2 nitrogen and oxygen atoms in total. The van der Waals surface area contributed by atoms with Gasteiger partial charge in [0, 0.05) is 6.42 Å². The van der Waals surface area contributed by atoms with Crippen LogP contribution >= 0.6 is 0 Å². The highest BCUT2D eigenvalue weighted by Crippen LogP contribution is 2.29. The van der Waals surface area contributed by atoms with Gasteiger partial charge in [0.1, 0.15) is 0 Å². The predicted molar refractivity (Wildman–Crippen MR) is 70.2 cm³/mol. The molecule has 0 N–H and O–H groups in total. The summed E-state index contributed by atoms with van der Waals surface area (Å²) in [5.74, 6) is -0.0799. The molecule has 0 amide bonds. The van der Waals surface area contributed by atoms with E-state index in [1.807, 2.05) is 6.92 Å². The highest BCUT2D eigenvalue weighted by molar-refractivity contribution is 5.69. The zero-order valence-corrected chi connectivity index (χ0v) is 11.7. The lowest BCUT2D eigenvalue weighted by Crippen LogP contribution is -2.10. The maximum atomic E-state index is 12.4. The molecule has 0 aliphatic rings. The van der Waals surface area contributed by atoms with Crippen molar-refractivity contribution in [3.8, 4) is 0 Å². The van der Waals surface area contributed by atoms with E-state index in [4.69, 9.17) is 4.74 Å². The topological polar surface area (TPSA) is 26.3 Å². The fourth-order valence-corrected chi connectivity index (χ4v) is 1.88. The maximum absolute atomic E-state index is 12.4. The standard InChI is InChI=1S/C15H19F3O2/c1-3-20-14(19)10-11(2)4-5-12-6-8-13(9-7-12)15(16,17)18/h6-9,11H,3-5,10H2,1-2H3. The van der Waals surface area contributed by atoms with Crippen LogP contribution in [0.4, 0.5) is 13.2 Å². The van der Waals surface area contributed by atoms with Gasteiger partial charge in [0.15, 0.2) is 0 Å². The van der Waals surface area contributed by atoms with E-state index in [1.54, 1.807) is 6.92 Å². The van der Waals surface area contributed by atoms with Crippen LogP contribution in [0.1, 0.15) is 37.8 Å². The van der Waals surface area contributed by atoms with Gasteiger partial charge in [0.2, 0.25) is 0 Å². The molecule has 0 aliphatic heterocycles. The summed E-state index contributed by atoms with van der Waals surface area (Å²) in [7, 11) is 0. The van der Waals surface area contributed by atoms with Crippen molar-refractivity contribution in [2.24, 2.45) is 5.92 Å². The lowest BCUT2D eigenvalue weighted by atomic mass is 9.98. The number of hydrogen-bond donors (Lipinski definition) is 0. The average Bonchev–Trinajstić information content (AvgIpc) is 2.36. The number of hydrogen-bond acceptors (Lipinski definition) is 2. The fourth-order valence-electron chi connectivity index (χ4n) is 1.88. The Morgan fingerprint density at radius 2 is 1.85 bits per heavy atom. The minimum Gasteiger partial charge on any atom is -0.466 e. The Morgan fingerprint density at radius 3 is 2.35 bits per heavy atom. The number of halogens is 3. The fraction of sp³-hybridized carbons (Fsp3) is 0.533. The summed E-state index contributed by atoms with van der Waals surface area (Å²) in [6.45, 7) is 4.05. The minimum absolute atomic E-state index is 0.149. The maximum Gasteiger partial charge on any atom is 0.416 e. The van der Waals surface area contributed by atoms with Gasteiger partial charge in [-0.3, -0.25) is 4.79 Å². The Hall–Kier alpha value is -1.52. The van der Waals surface area contributed by atoms with E-state index in [9.17, 15) is 18.0 Å². The van der Waals surface area contributed by atoms with E-state index in [-0.39, 0.29) is 11.9 Å². The number of rotatable bonds is 6. The van der Waals surface area contributed by atoms with E-state index < -0.39 is 11.7 Å². The Labute approximate surface area is 116 Å². The normalized spacial score (nSPS) is 13.1. The largest absolute Gasteiger partial charge is 0.466 e. The SMILES string of the molecule is CCOC(=O)CC(C)CCc1ccc(C(F)(F)F)cc1. The van der Waals surface area contributed by atoms with Crippen molar-refractivity contribution in [2.75, 3.05) is 6.61 Å². The van der Waals surface area contributed by atoms with Gasteiger partial charge in [-0.15, -0.1) is 0 Å². The van der Waals surface area contributed by atoms with Crippen LogP contribution in [0.2, 0.25) is 0 Å². The van der Waals surface area contributed by atoms with Crippen molar-refractivity contribution < 1.29 is 22.7 Å². The molecule has 0 aliphatic carbocycles. The number of aryl methyl sites for hydroxylation is 1. The van der Waals surface area contributed by atoms with Gasteiger partial charge in [-0.05, 0) is 43.4 Å². The molecule has 5 heteroatoms. The van der Waals surface area contributed by atoms with Crippen molar-refractivity contribution in [2.45, 2.75) is 39.3 Å². The molecule has 1 aromatic carbocycles. The monoisotopic (exact) mass is 288 g/mol. The van der Waals surface area contributed by atoms with E-state index >= 15 is 0 Å². The van der Waals surface area contributed by atoms with Crippen molar-refractivity contribution >= 4 is 5.97 Å². The van der Waals surface area contributed by atoms with Gasteiger partial charge in [-0.2, -0.15) is 13.2 Å². The third-order valence-electron chi connectivity index (χ3n) is 3.03. The van der Waals surface area contributed by atoms with Gasteiger partial charge in [0.25, 0.3) is 0 Å². The molecule has 0 aromatic heterocycles. The van der Waals surface area contributed by atoms with E-state index in [0.717, 1.165) is 24.1 Å². The average molecular weight is 288 g/mol. The van der Waals surface area contributed by atoms with E-state index in [0.29, 0.717) is 19.4 Å². The highest BCUT2D eigenvalue weighted by atomic mass is 19.4. The zero-order valence-electron chi connectivity index (χ0n) is 11.7. The molecule has 20 heavy (non-hydrogen) atoms. The summed E-state index contributed by atoms with van der Waals surface area (Å²) in [4.78, 5) is 11.3. The lowest BCUT2D eigenvalue weighted by Gasteiger charge is -2.11. The highest BCUT2D eigenvalue weighted by Gasteiger charge is 2.29. The molecule has 1 unspecified atom stereocenters. The first kappa shape index (κ1) is 16.5. The Morgan fingerprint density at radius 1 is 1.25 bits per heavy atom. The second-order valence-electron chi connectivity index (χ2n) is 4.85. The molecule has 0 radical (unpaired) electrons. The first-order valence-corrected chi connectivity index (χ1v) is 6.64. The molecule has 112 valence electrons. The quantitative estimate of drug-likeness (QED) is 0.732. The van der Waals surface area contributed by atoms with Gasteiger partial charge in [-0.25, -0.2) is 0 Å². The summed E-state index contributed by atoms with van der Waals surface area (Å²) < 4.78 is 42.0. The first-order valence-electron chi connectivity index (χ1n) is 6.64. The van der Waals surface area contributed by atoms with Crippen LogP contribution in [-0.4, -0.2) is 12.6 Å². The van der Waals surface area contributed by atoms with Gasteiger partial charge >= 0.3 is 12.1 Å². The van der Waals surface area contributed by atoms with Crippen LogP contribution in [0.15, 0.2) is 24.3 Å². The molecule has 0 saturated carbocycles. The Balaban J connectivity index is 2.44. The molecule has 0 fully saturated rings. The van der Waals surface area contributed by atoms with Gasteiger partial charge in [0.05, 0.1) is 12.2 Å². The minimum atomic E-state index is -4.30. The number of carbonyl (C=O) groups is 1. The molecular weight excluding hydrogens is 269 g/mol. The van der Waals surface area contributed by atoms with Crippen molar-refractivity contribution in [1.82, 2.24) is 0 Å². The number of carbonyl (C=O) groups excluding carboxylic acids is 1. The number of alkyl halides is 3. The molecule has 1 aromatic rings. The van der Waals surface area contributed by atoms with Crippen molar-refractivity contribution in [3.05, 3.63) is 35.4 Å². The lowest BCUT2D eigenvalue weighted by molar-refractivity contribution is -0.144. The van der Waals surface area contributed by atoms with Crippen LogP contribution in [0.25, 0.3) is 0 Å². The number of ether oxygens (including phenoxy) is 1. The third kappa shape index (κ3) is 5.63. The summed E-state index contributed by atoms with van der Waals surface area (Å²) in [6, 6.07) is 5.15. The molecular formula is C15H19F3O2. The molecule has 0 spiro atoms. The predicted octanol–water partition coefficient (Wildman–Crippen LogP) is 4.23. The van der Waals surface area contributed by atoms with Crippen LogP contribution in [0, 0.1) is 5.92 Å². The Kier molecular flexibility index (Phi) is 6.05. The second kappa shape index (κ2) is 7.31. The van der Waals surface area contributed by atoms with E-state index in [1.165, 1.54) is 12.1 Å². The molecule has 0 bridgehead atoms. The van der Waals surface area contributed by atoms with Crippen molar-refractivity contribution in [3.63, 3.8) is 0 Å². The Bertz CT molecular complexity index is 424. The third-order valence-corrected chi connectivity index (χ3v) is 3.03. The summed E-state index contributed by atoms with van der Waals surface area (Å²) in [5.41, 5.74) is 0.203. The van der Waals surface area contributed by atoms with Crippen LogP contribution in [-0.2, 0) is 22.1 Å². The molecule has 1 atom stereocenters. The second-order valence-corrected chi connectivity index (χ2v) is 4.85. The summed E-state index contributed by atoms with van der Waals surface area (Å²) >= 11 is 0. The smallest absolute Gasteiger partial charge is 0.416 e. The van der Waals surface area contributed by atoms with Crippen LogP contribution in [0.3, 0.4) is 0 Å². The van der Waals surface area contributed by atoms with Crippen LogP contribution in [0.5, 0.6) is 0 Å². The van der Waals surface area contributed by atoms with Crippen molar-refractivity contribution in [1.29, 1.82) is 0 Å². The zero-order chi connectivity index (χ0) is 15.2. The summed E-state index contributed by atoms with van der Waals surface area (Å²) in [5, 5.41) is 0. The van der Waals surface area contributed by atoms with E-state index in [2.05, 4.69) is 0 Å². The molecule has 0 heterocycles. The molecule has 1 rings (SSSR count). The van der Waals surface area contributed by atoms with Gasteiger partial charge in [-0.1, -0.05) is 19.1 Å². The first-order chi connectivity index (χ1) is 9.32. The summed E-state index contributed by atoms with van der Waals surface area (Å²) in [6.07, 6.45) is -2.56.